The van der Waals surface area contributed by atoms with Crippen molar-refractivity contribution in [2.24, 2.45) is 5.92 Å². The highest BCUT2D eigenvalue weighted by Gasteiger charge is 2.24. The quantitative estimate of drug-likeness (QED) is 0.836. The Balaban J connectivity index is 1.58. The molecule has 2 aromatic rings. The lowest BCUT2D eigenvalue weighted by atomic mass is 9.86. The molecular weight excluding hydrogens is 312 g/mol. The number of aliphatic hydroxyl groups excluding tert-OH is 1. The predicted molar refractivity (Wildman–Crippen MR) is 99.3 cm³/mol. The summed E-state index contributed by atoms with van der Waals surface area (Å²) in [5.74, 6) is 1.30. The van der Waals surface area contributed by atoms with Crippen LogP contribution in [0.1, 0.15) is 36.9 Å². The first-order chi connectivity index (χ1) is 12.2. The molecule has 0 saturated heterocycles. The van der Waals surface area contributed by atoms with Crippen LogP contribution < -0.4 is 4.74 Å². The molecule has 1 aliphatic rings. The van der Waals surface area contributed by atoms with E-state index in [1.165, 1.54) is 12.0 Å². The predicted octanol–water partition coefficient (Wildman–Crippen LogP) is 3.64. The lowest BCUT2D eigenvalue weighted by Crippen LogP contribution is -2.34. The van der Waals surface area contributed by atoms with E-state index in [4.69, 9.17) is 4.74 Å². The van der Waals surface area contributed by atoms with Crippen LogP contribution in [0.15, 0.2) is 48.7 Å². The number of nitrogens with zero attached hydrogens (tertiary/aromatic N) is 2. The Bertz CT molecular complexity index is 647. The molecule has 1 aromatic heterocycles. The van der Waals surface area contributed by atoms with E-state index in [1.54, 1.807) is 6.20 Å². The van der Waals surface area contributed by atoms with E-state index >= 15 is 0 Å². The zero-order valence-corrected chi connectivity index (χ0v) is 15.0. The van der Waals surface area contributed by atoms with Crippen LogP contribution in [0, 0.1) is 5.92 Å². The van der Waals surface area contributed by atoms with E-state index in [-0.39, 0.29) is 6.10 Å². The maximum Gasteiger partial charge on any atom is 0.130 e. The third kappa shape index (κ3) is 5.28. The van der Waals surface area contributed by atoms with Crippen LogP contribution in [0.25, 0.3) is 0 Å². The van der Waals surface area contributed by atoms with Crippen molar-refractivity contribution >= 4 is 0 Å². The molecule has 0 amide bonds. The number of hydrogen-bond acceptors (Lipinski definition) is 4. The number of aromatic nitrogens is 1. The Morgan fingerprint density at radius 2 is 1.92 bits per heavy atom. The van der Waals surface area contributed by atoms with Gasteiger partial charge in [-0.1, -0.05) is 37.1 Å². The highest BCUT2D eigenvalue weighted by atomic mass is 16.5. The molecular formula is C21H28N2O2. The highest BCUT2D eigenvalue weighted by Crippen LogP contribution is 2.26. The Kier molecular flexibility index (Phi) is 6.42. The molecule has 0 bridgehead atoms. The van der Waals surface area contributed by atoms with E-state index in [2.05, 4.69) is 23.0 Å². The average molecular weight is 340 g/mol. The molecule has 0 spiro atoms. The van der Waals surface area contributed by atoms with Gasteiger partial charge in [0.15, 0.2) is 0 Å². The first-order valence-electron chi connectivity index (χ1n) is 9.19. The first kappa shape index (κ1) is 17.9. The smallest absolute Gasteiger partial charge is 0.130 e. The van der Waals surface area contributed by atoms with E-state index in [1.807, 2.05) is 36.4 Å². The highest BCUT2D eigenvalue weighted by molar-refractivity contribution is 5.33. The summed E-state index contributed by atoms with van der Waals surface area (Å²) in [5, 5.41) is 10.2. The van der Waals surface area contributed by atoms with Crippen LogP contribution in [0.2, 0.25) is 0 Å². The van der Waals surface area contributed by atoms with Gasteiger partial charge in [0.25, 0.3) is 0 Å². The minimum Gasteiger partial charge on any atom is -0.487 e. The molecule has 4 heteroatoms. The molecule has 1 aromatic carbocycles. The van der Waals surface area contributed by atoms with Gasteiger partial charge in [0.05, 0.1) is 11.8 Å². The Morgan fingerprint density at radius 3 is 2.72 bits per heavy atom. The van der Waals surface area contributed by atoms with Crippen LogP contribution in [-0.4, -0.2) is 34.7 Å². The zero-order valence-electron chi connectivity index (χ0n) is 15.0. The second-order valence-corrected chi connectivity index (χ2v) is 7.03. The maximum absolute atomic E-state index is 10.2. The standard InChI is InChI=1S/C21H28N2O2/c1-23(14-17-8-2-4-11-20(17)24)15-18-9-3-5-12-21(18)25-16-19-10-6-7-13-22-19/h3,5-7,9-10,12-13,17,20,24H,2,4,8,11,14-16H2,1H3. The van der Waals surface area contributed by atoms with Gasteiger partial charge in [0.2, 0.25) is 0 Å². The maximum atomic E-state index is 10.2. The van der Waals surface area contributed by atoms with E-state index in [9.17, 15) is 5.11 Å². The topological polar surface area (TPSA) is 45.6 Å². The van der Waals surface area contributed by atoms with Gasteiger partial charge in [0.1, 0.15) is 12.4 Å². The third-order valence-electron chi connectivity index (χ3n) is 4.93. The molecule has 1 saturated carbocycles. The van der Waals surface area contributed by atoms with Crippen LogP contribution >= 0.6 is 0 Å². The lowest BCUT2D eigenvalue weighted by molar-refractivity contribution is 0.0500. The summed E-state index contributed by atoms with van der Waals surface area (Å²) in [7, 11) is 2.12. The number of hydrogen-bond donors (Lipinski definition) is 1. The van der Waals surface area contributed by atoms with Crippen molar-refractivity contribution in [1.82, 2.24) is 9.88 Å². The largest absolute Gasteiger partial charge is 0.487 e. The Morgan fingerprint density at radius 1 is 1.12 bits per heavy atom. The van der Waals surface area contributed by atoms with Gasteiger partial charge in [-0.15, -0.1) is 0 Å². The number of pyridine rings is 1. The minimum atomic E-state index is -0.146. The molecule has 2 unspecified atom stereocenters. The van der Waals surface area contributed by atoms with Crippen molar-refractivity contribution in [2.75, 3.05) is 13.6 Å². The lowest BCUT2D eigenvalue weighted by Gasteiger charge is -2.31. The summed E-state index contributed by atoms with van der Waals surface area (Å²) in [6.45, 7) is 2.22. The van der Waals surface area contributed by atoms with Crippen LogP contribution in [0.5, 0.6) is 5.75 Å². The van der Waals surface area contributed by atoms with E-state index in [0.717, 1.165) is 43.8 Å². The van der Waals surface area contributed by atoms with Gasteiger partial charge in [0, 0.05) is 24.8 Å². The number of ether oxygens (including phenoxy) is 1. The van der Waals surface area contributed by atoms with E-state index in [0.29, 0.717) is 12.5 Å². The summed E-state index contributed by atoms with van der Waals surface area (Å²) in [6, 6.07) is 14.0. The van der Waals surface area contributed by atoms with Crippen molar-refractivity contribution in [3.63, 3.8) is 0 Å². The summed E-state index contributed by atoms with van der Waals surface area (Å²) in [6.07, 6.45) is 6.11. The molecule has 1 fully saturated rings. The zero-order chi connectivity index (χ0) is 17.5. The van der Waals surface area contributed by atoms with Crippen LogP contribution in [-0.2, 0) is 13.2 Å². The van der Waals surface area contributed by atoms with Crippen molar-refractivity contribution in [3.05, 3.63) is 59.9 Å². The van der Waals surface area contributed by atoms with Gasteiger partial charge in [-0.3, -0.25) is 4.98 Å². The van der Waals surface area contributed by atoms with Gasteiger partial charge < -0.3 is 14.7 Å². The molecule has 0 radical (unpaired) electrons. The van der Waals surface area contributed by atoms with Crippen molar-refractivity contribution < 1.29 is 9.84 Å². The van der Waals surface area contributed by atoms with Crippen molar-refractivity contribution in [3.8, 4) is 5.75 Å². The van der Waals surface area contributed by atoms with Gasteiger partial charge in [-0.25, -0.2) is 0 Å². The minimum absolute atomic E-state index is 0.146. The fourth-order valence-corrected chi connectivity index (χ4v) is 3.57. The number of benzene rings is 1. The number of para-hydroxylation sites is 1. The summed E-state index contributed by atoms with van der Waals surface area (Å²) >= 11 is 0. The summed E-state index contributed by atoms with van der Waals surface area (Å²) < 4.78 is 6.00. The average Bonchev–Trinajstić information content (AvgIpc) is 2.64. The Labute approximate surface area is 150 Å². The monoisotopic (exact) mass is 340 g/mol. The SMILES string of the molecule is CN(Cc1ccccc1OCc1ccccn1)CC1CCCCC1O. The van der Waals surface area contributed by atoms with E-state index < -0.39 is 0 Å². The number of rotatable bonds is 7. The second-order valence-electron chi connectivity index (χ2n) is 7.03. The summed E-state index contributed by atoms with van der Waals surface area (Å²) in [4.78, 5) is 6.60. The molecule has 3 rings (SSSR count). The fraction of sp³-hybridized carbons (Fsp3) is 0.476. The van der Waals surface area contributed by atoms with Crippen molar-refractivity contribution in [2.45, 2.75) is 44.9 Å². The molecule has 0 aliphatic heterocycles. The molecule has 1 N–H and O–H groups in total. The first-order valence-corrected chi connectivity index (χ1v) is 9.19. The molecule has 1 aliphatic carbocycles. The van der Waals surface area contributed by atoms with Crippen LogP contribution in [0.4, 0.5) is 0 Å². The van der Waals surface area contributed by atoms with Gasteiger partial charge in [-0.2, -0.15) is 0 Å². The summed E-state index contributed by atoms with van der Waals surface area (Å²) in [5.41, 5.74) is 2.10. The molecule has 25 heavy (non-hydrogen) atoms. The van der Waals surface area contributed by atoms with Crippen LogP contribution in [0.3, 0.4) is 0 Å². The normalized spacial score (nSPS) is 20.6. The van der Waals surface area contributed by atoms with Crippen molar-refractivity contribution in [1.29, 1.82) is 0 Å². The second kappa shape index (κ2) is 8.97. The Hall–Kier alpha value is -1.91. The van der Waals surface area contributed by atoms with Gasteiger partial charge in [-0.05, 0) is 44.0 Å². The number of aliphatic hydroxyl groups is 1. The fourth-order valence-electron chi connectivity index (χ4n) is 3.57. The van der Waals surface area contributed by atoms with Gasteiger partial charge >= 0.3 is 0 Å². The molecule has 4 nitrogen and oxygen atoms in total. The molecule has 2 atom stereocenters. The third-order valence-corrected chi connectivity index (χ3v) is 4.93. The molecule has 1 heterocycles. The molecule has 134 valence electrons.